The van der Waals surface area contributed by atoms with Gasteiger partial charge in [0.2, 0.25) is 0 Å². The molecule has 2 fully saturated rings. The van der Waals surface area contributed by atoms with Crippen molar-refractivity contribution in [2.45, 2.75) is 64.7 Å². The van der Waals surface area contributed by atoms with Crippen molar-refractivity contribution in [2.75, 3.05) is 44.3 Å². The van der Waals surface area contributed by atoms with Crippen LogP contribution in [-0.2, 0) is 32.0 Å². The first-order valence-corrected chi connectivity index (χ1v) is 13.4. The van der Waals surface area contributed by atoms with E-state index in [1.54, 1.807) is 26.8 Å². The zero-order valence-electron chi connectivity index (χ0n) is 23.0. The van der Waals surface area contributed by atoms with Crippen LogP contribution >= 0.6 is 0 Å². The minimum absolute atomic E-state index is 0.176. The first kappa shape index (κ1) is 28.0. The molecule has 0 radical (unpaired) electrons. The maximum atomic E-state index is 15.3. The van der Waals surface area contributed by atoms with E-state index in [9.17, 15) is 4.79 Å². The number of ether oxygens (including phenoxy) is 3. The van der Waals surface area contributed by atoms with Gasteiger partial charge >= 0.3 is 5.97 Å². The quantitative estimate of drug-likeness (QED) is 0.212. The number of carbonyl (C=O) groups is 1. The number of esters is 1. The second kappa shape index (κ2) is 12.3. The van der Waals surface area contributed by atoms with Crippen LogP contribution in [0.4, 0.5) is 10.2 Å². The molecule has 1 aromatic heterocycles. The maximum absolute atomic E-state index is 15.3. The van der Waals surface area contributed by atoms with E-state index < -0.39 is 11.6 Å². The molecule has 0 unspecified atom stereocenters. The minimum atomic E-state index is -0.553. The summed E-state index contributed by atoms with van der Waals surface area (Å²) in [6.07, 6.45) is 6.66. The highest BCUT2D eigenvalue weighted by Crippen LogP contribution is 2.32. The number of hydrogen-bond donors (Lipinski definition) is 0. The molecule has 1 aromatic carbocycles. The fraction of sp³-hybridized carbons (Fsp3) is 0.533. The van der Waals surface area contributed by atoms with Crippen molar-refractivity contribution in [1.29, 1.82) is 0 Å². The van der Waals surface area contributed by atoms with Gasteiger partial charge < -0.3 is 19.1 Å². The number of likely N-dealkylation sites (tertiary alicyclic amines) is 1. The Bertz CT molecular complexity index is 1120. The van der Waals surface area contributed by atoms with E-state index in [0.29, 0.717) is 30.7 Å². The van der Waals surface area contributed by atoms with Crippen molar-refractivity contribution in [2.24, 2.45) is 0 Å². The average Bonchev–Trinajstić information content (AvgIpc) is 2.86. The standard InChI is InChI=1S/C30H40FN3O4/c1-23-8-13-32-26(20-23)34-16-19-37-30(22-34)11-14-33(15-12-30)21-25-7-5-6-24(28(25)31)9-17-36-18-10-27(35)38-29(2,3)4/h5-8,10,13,18,20H,9,11-12,14-17,19,21-22H2,1-4H3. The Morgan fingerprint density at radius 2 is 1.95 bits per heavy atom. The van der Waals surface area contributed by atoms with Gasteiger partial charge in [-0.3, -0.25) is 4.90 Å². The Morgan fingerprint density at radius 1 is 1.18 bits per heavy atom. The third kappa shape index (κ3) is 7.77. The highest BCUT2D eigenvalue weighted by Gasteiger charge is 2.40. The van der Waals surface area contributed by atoms with Crippen LogP contribution in [0.1, 0.15) is 50.3 Å². The maximum Gasteiger partial charge on any atom is 0.334 e. The zero-order valence-corrected chi connectivity index (χ0v) is 23.0. The molecule has 8 heteroatoms. The summed E-state index contributed by atoms with van der Waals surface area (Å²) >= 11 is 0. The van der Waals surface area contributed by atoms with E-state index in [-0.39, 0.29) is 18.0 Å². The highest BCUT2D eigenvalue weighted by atomic mass is 19.1. The molecule has 38 heavy (non-hydrogen) atoms. The van der Waals surface area contributed by atoms with Crippen molar-refractivity contribution in [3.63, 3.8) is 0 Å². The number of aromatic nitrogens is 1. The Labute approximate surface area is 225 Å². The van der Waals surface area contributed by atoms with Crippen molar-refractivity contribution in [3.05, 3.63) is 71.4 Å². The lowest BCUT2D eigenvalue weighted by atomic mass is 9.89. The zero-order chi connectivity index (χ0) is 27.2. The number of hydrogen-bond acceptors (Lipinski definition) is 7. The second-order valence-electron chi connectivity index (χ2n) is 11.3. The number of morpholine rings is 1. The highest BCUT2D eigenvalue weighted by molar-refractivity contribution is 5.81. The summed E-state index contributed by atoms with van der Waals surface area (Å²) in [5, 5.41) is 0. The van der Waals surface area contributed by atoms with Gasteiger partial charge in [0.25, 0.3) is 0 Å². The molecule has 0 saturated carbocycles. The third-order valence-electron chi connectivity index (χ3n) is 6.99. The molecule has 3 heterocycles. The molecule has 2 aliphatic rings. The summed E-state index contributed by atoms with van der Waals surface area (Å²) in [6, 6.07) is 9.69. The molecule has 0 N–H and O–H groups in total. The van der Waals surface area contributed by atoms with Gasteiger partial charge in [0, 0.05) is 50.9 Å². The number of anilines is 1. The smallest absolute Gasteiger partial charge is 0.334 e. The molecule has 4 rings (SSSR count). The van der Waals surface area contributed by atoms with E-state index in [1.165, 1.54) is 17.9 Å². The van der Waals surface area contributed by atoms with Crippen LogP contribution in [0.25, 0.3) is 0 Å². The van der Waals surface area contributed by atoms with Crippen molar-refractivity contribution in [3.8, 4) is 0 Å². The Hall–Kier alpha value is -2.97. The van der Waals surface area contributed by atoms with E-state index in [0.717, 1.165) is 44.8 Å². The van der Waals surface area contributed by atoms with Gasteiger partial charge in [-0.15, -0.1) is 0 Å². The average molecular weight is 526 g/mol. The molecule has 2 aliphatic heterocycles. The number of benzene rings is 1. The fourth-order valence-corrected chi connectivity index (χ4v) is 5.02. The van der Waals surface area contributed by atoms with Crippen molar-refractivity contribution in [1.82, 2.24) is 9.88 Å². The van der Waals surface area contributed by atoms with Gasteiger partial charge in [-0.25, -0.2) is 14.2 Å². The summed E-state index contributed by atoms with van der Waals surface area (Å²) < 4.78 is 32.2. The summed E-state index contributed by atoms with van der Waals surface area (Å²) in [6.45, 7) is 12.4. The van der Waals surface area contributed by atoms with Crippen LogP contribution in [0.3, 0.4) is 0 Å². The molecule has 1 spiro atoms. The van der Waals surface area contributed by atoms with E-state index in [2.05, 4.69) is 27.8 Å². The summed E-state index contributed by atoms with van der Waals surface area (Å²) in [4.78, 5) is 20.9. The predicted molar refractivity (Wildman–Crippen MR) is 145 cm³/mol. The lowest BCUT2D eigenvalue weighted by molar-refractivity contribution is -0.148. The normalized spacial score (nSPS) is 18.2. The second-order valence-corrected chi connectivity index (χ2v) is 11.3. The number of carbonyl (C=O) groups excluding carboxylic acids is 1. The van der Waals surface area contributed by atoms with Crippen molar-refractivity contribution < 1.29 is 23.4 Å². The summed E-state index contributed by atoms with van der Waals surface area (Å²) in [7, 11) is 0. The number of piperidine rings is 1. The van der Waals surface area contributed by atoms with Crippen LogP contribution in [0.15, 0.2) is 48.9 Å². The van der Waals surface area contributed by atoms with Crippen LogP contribution in [0, 0.1) is 12.7 Å². The van der Waals surface area contributed by atoms with Gasteiger partial charge in [0.1, 0.15) is 17.2 Å². The van der Waals surface area contributed by atoms with E-state index >= 15 is 4.39 Å². The van der Waals surface area contributed by atoms with Crippen LogP contribution in [0.2, 0.25) is 0 Å². The molecule has 0 atom stereocenters. The Morgan fingerprint density at radius 3 is 2.68 bits per heavy atom. The lowest BCUT2D eigenvalue weighted by Crippen LogP contribution is -2.57. The third-order valence-corrected chi connectivity index (χ3v) is 6.99. The van der Waals surface area contributed by atoms with Gasteiger partial charge in [-0.1, -0.05) is 18.2 Å². The Balaban J connectivity index is 1.26. The first-order chi connectivity index (χ1) is 18.1. The predicted octanol–water partition coefficient (Wildman–Crippen LogP) is 4.82. The molecular weight excluding hydrogens is 485 g/mol. The SMILES string of the molecule is Cc1ccnc(N2CCOC3(CCN(Cc4cccc(CCOC=CC(=O)OC(C)(C)C)c4F)CC3)C2)c1. The number of aryl methyl sites for hydroxylation is 1. The number of rotatable bonds is 8. The van der Waals surface area contributed by atoms with E-state index in [4.69, 9.17) is 14.2 Å². The van der Waals surface area contributed by atoms with Gasteiger partial charge in [0.15, 0.2) is 0 Å². The van der Waals surface area contributed by atoms with Gasteiger partial charge in [-0.05, 0) is 63.8 Å². The van der Waals surface area contributed by atoms with Crippen LogP contribution in [-0.4, -0.2) is 66.4 Å². The van der Waals surface area contributed by atoms with E-state index in [1.807, 2.05) is 24.4 Å². The summed E-state index contributed by atoms with van der Waals surface area (Å²) in [5.41, 5.74) is 1.78. The minimum Gasteiger partial charge on any atom is -0.501 e. The molecule has 0 bridgehead atoms. The first-order valence-electron chi connectivity index (χ1n) is 13.4. The molecule has 7 nitrogen and oxygen atoms in total. The van der Waals surface area contributed by atoms with Crippen LogP contribution < -0.4 is 4.90 Å². The molecular formula is C30H40FN3O4. The topological polar surface area (TPSA) is 64.1 Å². The van der Waals surface area contributed by atoms with Gasteiger partial charge in [-0.2, -0.15) is 0 Å². The molecule has 2 aromatic rings. The fourth-order valence-electron chi connectivity index (χ4n) is 5.02. The molecule has 2 saturated heterocycles. The number of nitrogens with zero attached hydrogens (tertiary/aromatic N) is 3. The lowest BCUT2D eigenvalue weighted by Gasteiger charge is -2.47. The van der Waals surface area contributed by atoms with Gasteiger partial charge in [0.05, 0.1) is 31.2 Å². The Kier molecular flexibility index (Phi) is 9.05. The number of pyridine rings is 1. The number of halogens is 1. The van der Waals surface area contributed by atoms with Crippen molar-refractivity contribution >= 4 is 11.8 Å². The molecule has 0 amide bonds. The monoisotopic (exact) mass is 525 g/mol. The molecule has 206 valence electrons. The largest absolute Gasteiger partial charge is 0.501 e. The molecule has 0 aliphatic carbocycles. The summed E-state index contributed by atoms with van der Waals surface area (Å²) in [5.74, 6) is 0.364. The van der Waals surface area contributed by atoms with Crippen LogP contribution in [0.5, 0.6) is 0 Å².